The van der Waals surface area contributed by atoms with Crippen molar-refractivity contribution >= 4 is 6.03 Å². The Labute approximate surface area is 143 Å². The standard InChI is InChI=1S/C18H18F4N2O/c1-24(12-13-6-8-15(9-7-13)18(20,21)22)17(25)23-11-10-14-4-2-3-5-16(14)19/h2-9H,10-12H2,1H3,(H,23,25). The van der Waals surface area contributed by atoms with Crippen LogP contribution in [-0.4, -0.2) is 24.5 Å². The number of alkyl halides is 3. The molecular formula is C18H18F4N2O. The van der Waals surface area contributed by atoms with Crippen LogP contribution in [0.2, 0.25) is 0 Å². The van der Waals surface area contributed by atoms with Crippen LogP contribution in [-0.2, 0) is 19.1 Å². The molecule has 3 nitrogen and oxygen atoms in total. The minimum atomic E-state index is -4.38. The third kappa shape index (κ3) is 5.48. The molecule has 2 amide bonds. The predicted octanol–water partition coefficient (Wildman–Crippen LogP) is 4.23. The molecule has 1 N–H and O–H groups in total. The number of urea groups is 1. The van der Waals surface area contributed by atoms with Crippen molar-refractivity contribution in [3.63, 3.8) is 0 Å². The first-order valence-electron chi connectivity index (χ1n) is 7.66. The third-order valence-electron chi connectivity index (χ3n) is 3.68. The van der Waals surface area contributed by atoms with Crippen LogP contribution in [0.5, 0.6) is 0 Å². The second-order valence-electron chi connectivity index (χ2n) is 5.62. The number of rotatable bonds is 5. The average molecular weight is 354 g/mol. The van der Waals surface area contributed by atoms with Crippen LogP contribution in [0.4, 0.5) is 22.4 Å². The summed E-state index contributed by atoms with van der Waals surface area (Å²) in [5.74, 6) is -0.324. The van der Waals surface area contributed by atoms with Gasteiger partial charge in [-0.05, 0) is 35.7 Å². The highest BCUT2D eigenvalue weighted by Crippen LogP contribution is 2.29. The Kier molecular flexibility index (Phi) is 6.01. The fourth-order valence-corrected chi connectivity index (χ4v) is 2.29. The van der Waals surface area contributed by atoms with Crippen LogP contribution in [0.3, 0.4) is 0 Å². The summed E-state index contributed by atoms with van der Waals surface area (Å²) in [5.41, 5.74) is 0.362. The van der Waals surface area contributed by atoms with Gasteiger partial charge in [0.25, 0.3) is 0 Å². The minimum absolute atomic E-state index is 0.170. The molecule has 134 valence electrons. The summed E-state index contributed by atoms with van der Waals surface area (Å²) in [5, 5.41) is 2.65. The third-order valence-corrected chi connectivity index (χ3v) is 3.68. The molecule has 0 aromatic heterocycles. The van der Waals surface area contributed by atoms with E-state index in [0.717, 1.165) is 12.1 Å². The summed E-state index contributed by atoms with van der Waals surface area (Å²) in [6.07, 6.45) is -4.03. The van der Waals surface area contributed by atoms with Crippen LogP contribution < -0.4 is 5.32 Å². The molecular weight excluding hydrogens is 336 g/mol. The van der Waals surface area contributed by atoms with Crippen LogP contribution in [0.15, 0.2) is 48.5 Å². The lowest BCUT2D eigenvalue weighted by Gasteiger charge is -2.18. The van der Waals surface area contributed by atoms with Crippen LogP contribution in [0, 0.1) is 5.82 Å². The number of hydrogen-bond acceptors (Lipinski definition) is 1. The Morgan fingerprint density at radius 2 is 1.72 bits per heavy atom. The maximum absolute atomic E-state index is 13.5. The van der Waals surface area contributed by atoms with Crippen LogP contribution >= 0.6 is 0 Å². The Balaban J connectivity index is 1.83. The molecule has 2 rings (SSSR count). The van der Waals surface area contributed by atoms with E-state index in [-0.39, 0.29) is 24.9 Å². The number of amides is 2. The van der Waals surface area contributed by atoms with Gasteiger partial charge in [0.1, 0.15) is 5.82 Å². The van der Waals surface area contributed by atoms with Crippen molar-refractivity contribution in [1.29, 1.82) is 0 Å². The summed E-state index contributed by atoms with van der Waals surface area (Å²) in [6, 6.07) is 10.6. The van der Waals surface area contributed by atoms with Gasteiger partial charge in [-0.25, -0.2) is 9.18 Å². The first-order chi connectivity index (χ1) is 11.8. The number of halogens is 4. The maximum atomic E-state index is 13.5. The molecule has 0 aliphatic heterocycles. The van der Waals surface area contributed by atoms with Crippen molar-refractivity contribution in [1.82, 2.24) is 10.2 Å². The zero-order valence-electron chi connectivity index (χ0n) is 13.6. The van der Waals surface area contributed by atoms with Gasteiger partial charge in [-0.1, -0.05) is 30.3 Å². The fraction of sp³-hybridized carbons (Fsp3) is 0.278. The van der Waals surface area contributed by atoms with Gasteiger partial charge in [0.05, 0.1) is 5.56 Å². The van der Waals surface area contributed by atoms with Gasteiger partial charge in [-0.2, -0.15) is 13.2 Å². The number of nitrogens with zero attached hydrogens (tertiary/aromatic N) is 1. The average Bonchev–Trinajstić information content (AvgIpc) is 2.56. The highest BCUT2D eigenvalue weighted by atomic mass is 19.4. The molecule has 0 unspecified atom stereocenters. The first-order valence-corrected chi connectivity index (χ1v) is 7.66. The molecule has 0 saturated heterocycles. The van der Waals surface area contributed by atoms with Crippen molar-refractivity contribution < 1.29 is 22.4 Å². The summed E-state index contributed by atoms with van der Waals surface area (Å²) < 4.78 is 51.0. The van der Waals surface area contributed by atoms with Gasteiger partial charge >= 0.3 is 12.2 Å². The molecule has 0 fully saturated rings. The normalized spacial score (nSPS) is 11.2. The van der Waals surface area contributed by atoms with E-state index in [1.807, 2.05) is 0 Å². The molecule has 0 heterocycles. The molecule has 25 heavy (non-hydrogen) atoms. The molecule has 7 heteroatoms. The number of benzene rings is 2. The molecule has 0 spiro atoms. The Morgan fingerprint density at radius 1 is 1.08 bits per heavy atom. The Bertz CT molecular complexity index is 714. The van der Waals surface area contributed by atoms with E-state index in [9.17, 15) is 22.4 Å². The molecule has 2 aromatic carbocycles. The van der Waals surface area contributed by atoms with E-state index in [1.54, 1.807) is 18.2 Å². The van der Waals surface area contributed by atoms with Crippen molar-refractivity contribution in [2.75, 3.05) is 13.6 Å². The SMILES string of the molecule is CN(Cc1ccc(C(F)(F)F)cc1)C(=O)NCCc1ccccc1F. The minimum Gasteiger partial charge on any atom is -0.338 e. The number of nitrogens with one attached hydrogen (secondary N) is 1. The zero-order chi connectivity index (χ0) is 18.4. The van der Waals surface area contributed by atoms with Crippen molar-refractivity contribution in [3.05, 3.63) is 71.0 Å². The van der Waals surface area contributed by atoms with Gasteiger partial charge < -0.3 is 10.2 Å². The van der Waals surface area contributed by atoms with Crippen LogP contribution in [0.25, 0.3) is 0 Å². The molecule has 0 aliphatic rings. The molecule has 2 aromatic rings. The number of carbonyl (C=O) groups is 1. The maximum Gasteiger partial charge on any atom is 0.416 e. The van der Waals surface area contributed by atoms with Gasteiger partial charge in [-0.15, -0.1) is 0 Å². The number of carbonyl (C=O) groups excluding carboxylic acids is 1. The van der Waals surface area contributed by atoms with Crippen molar-refractivity contribution in [2.45, 2.75) is 19.1 Å². The van der Waals surface area contributed by atoms with E-state index in [0.29, 0.717) is 17.5 Å². The summed E-state index contributed by atoms with van der Waals surface area (Å²) in [6.45, 7) is 0.431. The van der Waals surface area contributed by atoms with E-state index >= 15 is 0 Å². The van der Waals surface area contributed by atoms with Crippen LogP contribution in [0.1, 0.15) is 16.7 Å². The monoisotopic (exact) mass is 354 g/mol. The summed E-state index contributed by atoms with van der Waals surface area (Å²) in [4.78, 5) is 13.3. The molecule has 0 bridgehead atoms. The van der Waals surface area contributed by atoms with E-state index < -0.39 is 11.7 Å². The second-order valence-corrected chi connectivity index (χ2v) is 5.62. The van der Waals surface area contributed by atoms with Gasteiger partial charge in [-0.3, -0.25) is 0 Å². The predicted molar refractivity (Wildman–Crippen MR) is 86.4 cm³/mol. The molecule has 0 radical (unpaired) electrons. The fourth-order valence-electron chi connectivity index (χ4n) is 2.29. The molecule has 0 atom stereocenters. The summed E-state index contributed by atoms with van der Waals surface area (Å²) in [7, 11) is 1.54. The molecule has 0 aliphatic carbocycles. The van der Waals surface area contributed by atoms with Crippen molar-refractivity contribution in [3.8, 4) is 0 Å². The quantitative estimate of drug-likeness (QED) is 0.801. The highest BCUT2D eigenvalue weighted by molar-refractivity contribution is 5.73. The van der Waals surface area contributed by atoms with E-state index in [1.165, 1.54) is 30.1 Å². The summed E-state index contributed by atoms with van der Waals surface area (Å²) >= 11 is 0. The van der Waals surface area contributed by atoms with Crippen molar-refractivity contribution in [2.24, 2.45) is 0 Å². The van der Waals surface area contributed by atoms with E-state index in [2.05, 4.69) is 5.32 Å². The van der Waals surface area contributed by atoms with Gasteiger partial charge in [0.15, 0.2) is 0 Å². The number of hydrogen-bond donors (Lipinski definition) is 1. The highest BCUT2D eigenvalue weighted by Gasteiger charge is 2.29. The topological polar surface area (TPSA) is 32.3 Å². The smallest absolute Gasteiger partial charge is 0.338 e. The lowest BCUT2D eigenvalue weighted by molar-refractivity contribution is -0.137. The molecule has 0 saturated carbocycles. The first kappa shape index (κ1) is 18.8. The van der Waals surface area contributed by atoms with E-state index in [4.69, 9.17) is 0 Å². The Hall–Kier alpha value is -2.57. The van der Waals surface area contributed by atoms with Gasteiger partial charge in [0.2, 0.25) is 0 Å². The lowest BCUT2D eigenvalue weighted by atomic mass is 10.1. The second kappa shape index (κ2) is 8.00. The largest absolute Gasteiger partial charge is 0.416 e. The zero-order valence-corrected chi connectivity index (χ0v) is 13.6. The lowest BCUT2D eigenvalue weighted by Crippen LogP contribution is -2.37. The van der Waals surface area contributed by atoms with Gasteiger partial charge in [0, 0.05) is 20.1 Å². The Morgan fingerprint density at radius 3 is 2.32 bits per heavy atom.